The molecule has 0 saturated heterocycles. The monoisotopic (exact) mass is 224 g/mol. The molecule has 0 aliphatic heterocycles. The number of aryl methyl sites for hydroxylation is 1. The van der Waals surface area contributed by atoms with E-state index in [1.54, 1.807) is 36.9 Å². The van der Waals surface area contributed by atoms with Crippen LogP contribution in [0.4, 0.5) is 0 Å². The summed E-state index contributed by atoms with van der Waals surface area (Å²) in [6.45, 7) is 5.71. The highest BCUT2D eigenvalue weighted by molar-refractivity contribution is 5.91. The van der Waals surface area contributed by atoms with Gasteiger partial charge in [0.2, 0.25) is 0 Å². The van der Waals surface area contributed by atoms with Crippen LogP contribution < -0.4 is 5.73 Å². The molecule has 1 heterocycles. The van der Waals surface area contributed by atoms with Crippen molar-refractivity contribution in [1.82, 2.24) is 4.57 Å². The number of hydrogen-bond acceptors (Lipinski definition) is 2. The summed E-state index contributed by atoms with van der Waals surface area (Å²) in [5.74, 6) is 0.426. The van der Waals surface area contributed by atoms with E-state index in [1.165, 1.54) is 0 Å². The highest BCUT2D eigenvalue weighted by Crippen LogP contribution is 1.98. The van der Waals surface area contributed by atoms with Gasteiger partial charge in [-0.3, -0.25) is 4.79 Å². The fourth-order valence-electron chi connectivity index (χ4n) is 1.29. The van der Waals surface area contributed by atoms with Crippen LogP contribution in [0.3, 0.4) is 0 Å². The van der Waals surface area contributed by atoms with Crippen molar-refractivity contribution in [3.8, 4) is 0 Å². The third-order valence-electron chi connectivity index (χ3n) is 1.89. The predicted octanol–water partition coefficient (Wildman–Crippen LogP) is 1.75. The smallest absolute Gasteiger partial charge is 0.265 e. The number of rotatable bonds is 3. The third kappa shape index (κ3) is 6.01. The maximum Gasteiger partial charge on any atom is 0.265 e. The zero-order valence-corrected chi connectivity index (χ0v) is 10.4. The summed E-state index contributed by atoms with van der Waals surface area (Å²) in [6, 6.07) is 3.46. The first-order valence-corrected chi connectivity index (χ1v) is 5.25. The molecule has 1 aromatic rings. The molecule has 16 heavy (non-hydrogen) atoms. The summed E-state index contributed by atoms with van der Waals surface area (Å²) < 4.78 is 1.68. The van der Waals surface area contributed by atoms with E-state index in [2.05, 4.69) is 0 Å². The topological polar surface area (TPSA) is 65.1 Å². The van der Waals surface area contributed by atoms with Crippen molar-refractivity contribution < 1.29 is 9.59 Å². The minimum Gasteiger partial charge on any atom is -0.364 e. The van der Waals surface area contributed by atoms with Crippen molar-refractivity contribution in [1.29, 1.82) is 0 Å². The lowest BCUT2D eigenvalue weighted by Crippen LogP contribution is -2.14. The van der Waals surface area contributed by atoms with Crippen LogP contribution in [0.5, 0.6) is 0 Å². The van der Waals surface area contributed by atoms with Crippen LogP contribution in [-0.4, -0.2) is 16.3 Å². The summed E-state index contributed by atoms with van der Waals surface area (Å²) in [5.41, 5.74) is 5.54. The van der Waals surface area contributed by atoms with Crippen LogP contribution >= 0.6 is 0 Å². The number of Topliss-reactive ketones (excluding diaryl/α,β-unsaturated/α-hetero) is 1. The quantitative estimate of drug-likeness (QED) is 0.850. The molecule has 1 aromatic heterocycles. The summed E-state index contributed by atoms with van der Waals surface area (Å²) in [7, 11) is 1.78. The van der Waals surface area contributed by atoms with Gasteiger partial charge < -0.3 is 15.1 Å². The Morgan fingerprint density at radius 3 is 2.12 bits per heavy atom. The summed E-state index contributed by atoms with van der Waals surface area (Å²) in [5, 5.41) is 0. The van der Waals surface area contributed by atoms with Gasteiger partial charge in [0.05, 0.1) is 0 Å². The molecule has 0 fully saturated rings. The van der Waals surface area contributed by atoms with E-state index in [0.717, 1.165) is 6.42 Å². The Hall–Kier alpha value is -1.58. The molecule has 1 rings (SSSR count). The first-order chi connectivity index (χ1) is 7.34. The number of amides is 1. The summed E-state index contributed by atoms with van der Waals surface area (Å²) >= 11 is 0. The molecular formula is C12H20N2O2. The molecule has 4 heteroatoms. The molecule has 2 N–H and O–H groups in total. The molecule has 0 saturated carbocycles. The summed E-state index contributed by atoms with van der Waals surface area (Å²) in [4.78, 5) is 20.7. The number of carbonyl (C=O) groups is 2. The average molecular weight is 224 g/mol. The lowest BCUT2D eigenvalue weighted by Gasteiger charge is -1.95. The maximum absolute atomic E-state index is 10.5. The van der Waals surface area contributed by atoms with E-state index in [9.17, 15) is 9.59 Å². The zero-order valence-electron chi connectivity index (χ0n) is 10.4. The van der Waals surface area contributed by atoms with E-state index >= 15 is 0 Å². The lowest BCUT2D eigenvalue weighted by atomic mass is 10.1. The van der Waals surface area contributed by atoms with Gasteiger partial charge in [-0.25, -0.2) is 0 Å². The van der Waals surface area contributed by atoms with E-state index in [0.29, 0.717) is 11.6 Å². The van der Waals surface area contributed by atoms with Gasteiger partial charge >= 0.3 is 0 Å². The summed E-state index contributed by atoms with van der Waals surface area (Å²) in [6.07, 6.45) is 2.50. The fraction of sp³-hybridized carbons (Fsp3) is 0.500. The van der Waals surface area contributed by atoms with Crippen molar-refractivity contribution in [2.45, 2.75) is 27.2 Å². The zero-order chi connectivity index (χ0) is 12.7. The van der Waals surface area contributed by atoms with Crippen molar-refractivity contribution in [2.75, 3.05) is 0 Å². The second kappa shape index (κ2) is 6.82. The highest BCUT2D eigenvalue weighted by Gasteiger charge is 2.00. The van der Waals surface area contributed by atoms with Gasteiger partial charge in [-0.15, -0.1) is 0 Å². The van der Waals surface area contributed by atoms with E-state index in [1.807, 2.05) is 13.8 Å². The molecule has 4 nitrogen and oxygen atoms in total. The minimum absolute atomic E-state index is 0.287. The molecule has 90 valence electrons. The van der Waals surface area contributed by atoms with Crippen molar-refractivity contribution in [2.24, 2.45) is 18.7 Å². The molecule has 0 aromatic carbocycles. The average Bonchev–Trinajstić information content (AvgIpc) is 2.49. The first-order valence-electron chi connectivity index (χ1n) is 5.25. The van der Waals surface area contributed by atoms with Crippen LogP contribution in [0.15, 0.2) is 18.3 Å². The van der Waals surface area contributed by atoms with Gasteiger partial charge in [-0.1, -0.05) is 13.8 Å². The SMILES string of the molecule is CC(=O)CC(C)C.Cn1cccc1C(N)=O. The predicted molar refractivity (Wildman–Crippen MR) is 64.1 cm³/mol. The molecular weight excluding hydrogens is 204 g/mol. The van der Waals surface area contributed by atoms with Crippen LogP contribution in [0.25, 0.3) is 0 Å². The minimum atomic E-state index is -0.387. The second-order valence-corrected chi connectivity index (χ2v) is 4.17. The number of primary amides is 1. The molecule has 0 radical (unpaired) electrons. The van der Waals surface area contributed by atoms with Crippen molar-refractivity contribution in [3.63, 3.8) is 0 Å². The number of nitrogens with two attached hydrogens (primary N) is 1. The number of hydrogen-bond donors (Lipinski definition) is 1. The standard InChI is InChI=1S/C6H8N2O.C6H12O/c1-8-4-2-3-5(8)6(7)9;1-5(2)4-6(3)7/h2-4H,1H3,(H2,7,9);5H,4H2,1-3H3. The Labute approximate surface area is 96.4 Å². The van der Waals surface area contributed by atoms with Gasteiger partial charge in [0.15, 0.2) is 0 Å². The normalized spacial score (nSPS) is 9.56. The Bertz CT molecular complexity index is 354. The van der Waals surface area contributed by atoms with Gasteiger partial charge in [-0.2, -0.15) is 0 Å². The Balaban J connectivity index is 0.000000293. The van der Waals surface area contributed by atoms with Crippen molar-refractivity contribution >= 4 is 11.7 Å². The third-order valence-corrected chi connectivity index (χ3v) is 1.89. The van der Waals surface area contributed by atoms with Gasteiger partial charge in [0.1, 0.15) is 11.5 Å². The molecule has 1 amide bonds. The van der Waals surface area contributed by atoms with Crippen LogP contribution in [0.1, 0.15) is 37.7 Å². The Kier molecular flexibility index (Phi) is 6.15. The van der Waals surface area contributed by atoms with Gasteiger partial charge in [0, 0.05) is 19.7 Å². The lowest BCUT2D eigenvalue weighted by molar-refractivity contribution is -0.117. The number of nitrogens with zero attached hydrogens (tertiary/aromatic N) is 1. The fourth-order valence-corrected chi connectivity index (χ4v) is 1.29. The van der Waals surface area contributed by atoms with E-state index in [-0.39, 0.29) is 11.7 Å². The molecule has 0 bridgehead atoms. The van der Waals surface area contributed by atoms with Crippen LogP contribution in [0.2, 0.25) is 0 Å². The van der Waals surface area contributed by atoms with Crippen molar-refractivity contribution in [3.05, 3.63) is 24.0 Å². The van der Waals surface area contributed by atoms with Crippen LogP contribution in [-0.2, 0) is 11.8 Å². The molecule has 0 spiro atoms. The second-order valence-electron chi connectivity index (χ2n) is 4.17. The molecule has 0 unspecified atom stereocenters. The molecule has 0 aliphatic carbocycles. The van der Waals surface area contributed by atoms with Crippen LogP contribution in [0, 0.1) is 5.92 Å². The molecule has 0 atom stereocenters. The Morgan fingerprint density at radius 2 is 2.00 bits per heavy atom. The van der Waals surface area contributed by atoms with E-state index in [4.69, 9.17) is 5.73 Å². The van der Waals surface area contributed by atoms with Gasteiger partial charge in [-0.05, 0) is 25.0 Å². The number of ketones is 1. The molecule has 0 aliphatic rings. The van der Waals surface area contributed by atoms with Gasteiger partial charge in [0.25, 0.3) is 5.91 Å². The van der Waals surface area contributed by atoms with E-state index < -0.39 is 0 Å². The highest BCUT2D eigenvalue weighted by atomic mass is 16.1. The maximum atomic E-state index is 10.5. The Morgan fingerprint density at radius 1 is 1.44 bits per heavy atom. The largest absolute Gasteiger partial charge is 0.364 e. The first kappa shape index (κ1) is 14.4. The number of aromatic nitrogens is 1. The number of carbonyl (C=O) groups excluding carboxylic acids is 2.